The fourth-order valence-corrected chi connectivity index (χ4v) is 2.98. The van der Waals surface area contributed by atoms with Crippen LogP contribution in [0.3, 0.4) is 0 Å². The molecule has 0 unspecified atom stereocenters. The number of nitrogens with one attached hydrogen (secondary N) is 1. The van der Waals surface area contributed by atoms with Crippen molar-refractivity contribution in [1.82, 2.24) is 0 Å². The van der Waals surface area contributed by atoms with Gasteiger partial charge in [0.15, 0.2) is 9.84 Å². The Bertz CT molecular complexity index is 526. The lowest BCUT2D eigenvalue weighted by Crippen LogP contribution is -2.19. The zero-order valence-electron chi connectivity index (χ0n) is 11.1. The maximum atomic E-state index is 11.6. The van der Waals surface area contributed by atoms with Gasteiger partial charge in [-0.2, -0.15) is 0 Å². The van der Waals surface area contributed by atoms with Crippen molar-refractivity contribution in [2.24, 2.45) is 0 Å². The molecule has 1 amide bonds. The Kier molecular flexibility index (Phi) is 5.82. The molecule has 3 N–H and O–H groups in total. The van der Waals surface area contributed by atoms with E-state index in [1.807, 2.05) is 6.92 Å². The normalized spacial score (nSPS) is 11.2. The minimum absolute atomic E-state index is 0.0269. The summed E-state index contributed by atoms with van der Waals surface area (Å²) in [6.07, 6.45) is 1.44. The average Bonchev–Trinajstić information content (AvgIpc) is 2.34. The molecule has 0 atom stereocenters. The van der Waals surface area contributed by atoms with Crippen molar-refractivity contribution >= 4 is 27.1 Å². The minimum atomic E-state index is -3.12. The van der Waals surface area contributed by atoms with Gasteiger partial charge in [-0.15, -0.1) is 0 Å². The molecule has 0 aliphatic rings. The number of nitrogen functional groups attached to an aromatic ring is 1. The molecule has 0 spiro atoms. The summed E-state index contributed by atoms with van der Waals surface area (Å²) < 4.78 is 23.2. The summed E-state index contributed by atoms with van der Waals surface area (Å²) in [4.78, 5) is 11.6. The Labute approximate surface area is 114 Å². The van der Waals surface area contributed by atoms with Gasteiger partial charge in [0.1, 0.15) is 0 Å². The lowest BCUT2D eigenvalue weighted by molar-refractivity contribution is -0.115. The molecule has 0 bridgehead atoms. The van der Waals surface area contributed by atoms with Crippen LogP contribution in [0.4, 0.5) is 11.4 Å². The van der Waals surface area contributed by atoms with Crippen LogP contribution in [-0.2, 0) is 14.6 Å². The SMILES string of the molecule is CCCCS(=O)(=O)CCC(=O)Nc1cccc(N)c1. The third-order valence-corrected chi connectivity index (χ3v) is 4.36. The summed E-state index contributed by atoms with van der Waals surface area (Å²) in [6, 6.07) is 6.77. The molecule has 1 rings (SSSR count). The standard InChI is InChI=1S/C13H20N2O3S/c1-2-3-8-19(17,18)9-7-13(16)15-12-6-4-5-11(14)10-12/h4-6,10H,2-3,7-9,14H2,1H3,(H,15,16). The van der Waals surface area contributed by atoms with Gasteiger partial charge in [-0.1, -0.05) is 19.4 Å². The van der Waals surface area contributed by atoms with Crippen molar-refractivity contribution in [2.75, 3.05) is 22.6 Å². The zero-order valence-corrected chi connectivity index (χ0v) is 11.9. The van der Waals surface area contributed by atoms with E-state index in [0.717, 1.165) is 6.42 Å². The van der Waals surface area contributed by atoms with Crippen molar-refractivity contribution in [3.63, 3.8) is 0 Å². The first-order valence-corrected chi connectivity index (χ1v) is 8.11. The highest BCUT2D eigenvalue weighted by molar-refractivity contribution is 7.91. The molecule has 0 aliphatic heterocycles. The number of benzene rings is 1. The first-order chi connectivity index (χ1) is 8.93. The van der Waals surface area contributed by atoms with Gasteiger partial charge in [0.2, 0.25) is 5.91 Å². The van der Waals surface area contributed by atoms with Crippen molar-refractivity contribution in [2.45, 2.75) is 26.2 Å². The molecule has 106 valence electrons. The largest absolute Gasteiger partial charge is 0.399 e. The third-order valence-electron chi connectivity index (χ3n) is 2.62. The lowest BCUT2D eigenvalue weighted by atomic mass is 10.3. The summed E-state index contributed by atoms with van der Waals surface area (Å²) in [6.45, 7) is 1.93. The predicted octanol–water partition coefficient (Wildman–Crippen LogP) is 1.81. The zero-order chi connectivity index (χ0) is 14.3. The van der Waals surface area contributed by atoms with Gasteiger partial charge in [-0.05, 0) is 24.6 Å². The second kappa shape index (κ2) is 7.13. The van der Waals surface area contributed by atoms with Gasteiger partial charge in [0.05, 0.1) is 11.5 Å². The van der Waals surface area contributed by atoms with Crippen molar-refractivity contribution in [3.8, 4) is 0 Å². The van der Waals surface area contributed by atoms with Crippen molar-refractivity contribution in [3.05, 3.63) is 24.3 Å². The fourth-order valence-electron chi connectivity index (χ4n) is 1.55. The third kappa shape index (κ3) is 6.24. The molecule has 0 saturated carbocycles. The maximum Gasteiger partial charge on any atom is 0.225 e. The molecular weight excluding hydrogens is 264 g/mol. The molecule has 0 fully saturated rings. The van der Waals surface area contributed by atoms with Gasteiger partial charge >= 0.3 is 0 Å². The Morgan fingerprint density at radius 2 is 2.05 bits per heavy atom. The van der Waals surface area contributed by atoms with Crippen molar-refractivity contribution in [1.29, 1.82) is 0 Å². The molecule has 0 saturated heterocycles. The number of nitrogens with two attached hydrogens (primary N) is 1. The van der Waals surface area contributed by atoms with Gasteiger partial charge in [-0.25, -0.2) is 8.42 Å². The van der Waals surface area contributed by atoms with Gasteiger partial charge in [0.25, 0.3) is 0 Å². The Balaban J connectivity index is 2.44. The number of carbonyl (C=O) groups excluding carboxylic acids is 1. The Hall–Kier alpha value is -1.56. The van der Waals surface area contributed by atoms with Crippen LogP contribution in [-0.4, -0.2) is 25.8 Å². The molecule has 0 aliphatic carbocycles. The van der Waals surface area contributed by atoms with Crippen LogP contribution in [0.15, 0.2) is 24.3 Å². The van der Waals surface area contributed by atoms with E-state index in [-0.39, 0.29) is 23.8 Å². The lowest BCUT2D eigenvalue weighted by Gasteiger charge is -2.06. The topological polar surface area (TPSA) is 89.3 Å². The van der Waals surface area contributed by atoms with Crippen molar-refractivity contribution < 1.29 is 13.2 Å². The predicted molar refractivity (Wildman–Crippen MR) is 77.7 cm³/mol. The average molecular weight is 284 g/mol. The van der Waals surface area contributed by atoms with Crippen LogP contribution in [0.2, 0.25) is 0 Å². The van der Waals surface area contributed by atoms with E-state index in [9.17, 15) is 13.2 Å². The number of hydrogen-bond acceptors (Lipinski definition) is 4. The molecule has 0 heterocycles. The molecule has 1 aromatic carbocycles. The van der Waals surface area contributed by atoms with Gasteiger partial charge in [-0.3, -0.25) is 4.79 Å². The van der Waals surface area contributed by atoms with Gasteiger partial charge in [0, 0.05) is 17.8 Å². The molecule has 0 aromatic heterocycles. The summed E-state index contributed by atoms with van der Waals surface area (Å²) >= 11 is 0. The Morgan fingerprint density at radius 3 is 2.68 bits per heavy atom. The highest BCUT2D eigenvalue weighted by Crippen LogP contribution is 2.12. The van der Waals surface area contributed by atoms with E-state index < -0.39 is 9.84 Å². The summed E-state index contributed by atoms with van der Waals surface area (Å²) in [5, 5.41) is 2.63. The van der Waals surface area contributed by atoms with Crippen LogP contribution in [0.5, 0.6) is 0 Å². The van der Waals surface area contributed by atoms with E-state index in [1.54, 1.807) is 24.3 Å². The highest BCUT2D eigenvalue weighted by Gasteiger charge is 2.13. The maximum absolute atomic E-state index is 11.6. The van der Waals surface area contributed by atoms with E-state index in [4.69, 9.17) is 5.73 Å². The quantitative estimate of drug-likeness (QED) is 0.747. The number of unbranched alkanes of at least 4 members (excludes halogenated alkanes) is 1. The molecular formula is C13H20N2O3S. The highest BCUT2D eigenvalue weighted by atomic mass is 32.2. The van der Waals surface area contributed by atoms with Crippen LogP contribution in [0, 0.1) is 0 Å². The molecule has 0 radical (unpaired) electrons. The summed E-state index contributed by atoms with van der Waals surface area (Å²) in [5.41, 5.74) is 6.71. The number of amides is 1. The number of hydrogen-bond donors (Lipinski definition) is 2. The van der Waals surface area contributed by atoms with E-state index in [1.165, 1.54) is 0 Å². The van der Waals surface area contributed by atoms with E-state index in [2.05, 4.69) is 5.32 Å². The number of carbonyl (C=O) groups is 1. The van der Waals surface area contributed by atoms with Crippen LogP contribution >= 0.6 is 0 Å². The first kappa shape index (κ1) is 15.5. The summed E-state index contributed by atoms with van der Waals surface area (Å²) in [5.74, 6) is -0.276. The smallest absolute Gasteiger partial charge is 0.225 e. The van der Waals surface area contributed by atoms with Crippen LogP contribution in [0.25, 0.3) is 0 Å². The summed E-state index contributed by atoms with van der Waals surface area (Å²) in [7, 11) is -3.12. The molecule has 5 nitrogen and oxygen atoms in total. The monoisotopic (exact) mass is 284 g/mol. The van der Waals surface area contributed by atoms with Crippen LogP contribution in [0.1, 0.15) is 26.2 Å². The number of sulfone groups is 1. The van der Waals surface area contributed by atoms with E-state index >= 15 is 0 Å². The minimum Gasteiger partial charge on any atom is -0.399 e. The molecule has 19 heavy (non-hydrogen) atoms. The first-order valence-electron chi connectivity index (χ1n) is 6.29. The Morgan fingerprint density at radius 1 is 1.32 bits per heavy atom. The van der Waals surface area contributed by atoms with Gasteiger partial charge < -0.3 is 11.1 Å². The molecule has 6 heteroatoms. The number of anilines is 2. The van der Waals surface area contributed by atoms with E-state index in [0.29, 0.717) is 17.8 Å². The second-order valence-electron chi connectivity index (χ2n) is 4.43. The fraction of sp³-hybridized carbons (Fsp3) is 0.462. The second-order valence-corrected chi connectivity index (χ2v) is 6.73. The van der Waals surface area contributed by atoms with Crippen LogP contribution < -0.4 is 11.1 Å². The molecule has 1 aromatic rings. The number of rotatable bonds is 7.